The molecule has 0 aliphatic carbocycles. The van der Waals surface area contributed by atoms with Gasteiger partial charge in [0.2, 0.25) is 0 Å². The van der Waals surface area contributed by atoms with Crippen LogP contribution < -0.4 is 0 Å². The fourth-order valence-corrected chi connectivity index (χ4v) is 5.07. The summed E-state index contributed by atoms with van der Waals surface area (Å²) in [7, 11) is 1.33. The third kappa shape index (κ3) is 5.18. The van der Waals surface area contributed by atoms with E-state index >= 15 is 0 Å². The number of nitrogens with zero attached hydrogens (tertiary/aromatic N) is 3. The van der Waals surface area contributed by atoms with Crippen LogP contribution in [0.3, 0.4) is 0 Å². The van der Waals surface area contributed by atoms with Crippen molar-refractivity contribution in [2.45, 2.75) is 46.3 Å². The molecule has 3 heterocycles. The molecule has 0 aliphatic rings. The van der Waals surface area contributed by atoms with Crippen LogP contribution in [0, 0.1) is 0 Å². The molecule has 0 atom stereocenters. The Morgan fingerprint density at radius 2 is 1.79 bits per heavy atom. The summed E-state index contributed by atoms with van der Waals surface area (Å²) in [6, 6.07) is 16.6. The van der Waals surface area contributed by atoms with Gasteiger partial charge in [0.05, 0.1) is 23.7 Å². The maximum absolute atomic E-state index is 12.9. The number of imidazole rings is 1. The molecule has 9 heteroatoms. The molecule has 5 rings (SSSR count). The Labute approximate surface area is 234 Å². The van der Waals surface area contributed by atoms with Crippen LogP contribution in [-0.4, -0.2) is 39.2 Å². The third-order valence-corrected chi connectivity index (χ3v) is 6.99. The molecule has 0 unspecified atom stereocenters. The molecule has 0 fully saturated rings. The minimum Gasteiger partial charge on any atom is -0.464 e. The standard InChI is InChI=1S/C30H28BrN3O5/c1-6-24-32-21-12-13-22(29(36)37-5)33-27(21)34(24)16-17-11-14-23-20(15-17)25(31)26(38-23)18-9-7-8-10-19(18)28(35)39-30(2,3)4/h7-15H,6,16H2,1-5H3. The second-order valence-electron chi connectivity index (χ2n) is 10.1. The number of aromatic nitrogens is 3. The molecule has 0 bridgehead atoms. The number of hydrogen-bond donors (Lipinski definition) is 0. The van der Waals surface area contributed by atoms with Crippen LogP contribution in [-0.2, 0) is 22.4 Å². The minimum absolute atomic E-state index is 0.232. The molecule has 0 saturated heterocycles. The highest BCUT2D eigenvalue weighted by Gasteiger charge is 2.24. The molecule has 0 spiro atoms. The Morgan fingerprint density at radius 1 is 1.03 bits per heavy atom. The number of carbonyl (C=O) groups excluding carboxylic acids is 2. The normalized spacial score (nSPS) is 11.7. The van der Waals surface area contributed by atoms with E-state index in [1.165, 1.54) is 7.11 Å². The van der Waals surface area contributed by atoms with Crippen LogP contribution >= 0.6 is 15.9 Å². The second kappa shape index (κ2) is 10.3. The van der Waals surface area contributed by atoms with E-state index in [0.29, 0.717) is 46.6 Å². The number of fused-ring (bicyclic) bond motifs is 2. The van der Waals surface area contributed by atoms with Crippen molar-refractivity contribution >= 4 is 50.0 Å². The molecule has 0 aliphatic heterocycles. The zero-order valence-electron chi connectivity index (χ0n) is 22.4. The van der Waals surface area contributed by atoms with E-state index < -0.39 is 17.5 Å². The number of ether oxygens (including phenoxy) is 2. The molecule has 3 aromatic heterocycles. The Bertz CT molecular complexity index is 1730. The summed E-state index contributed by atoms with van der Waals surface area (Å²) in [4.78, 5) is 34.3. The van der Waals surface area contributed by atoms with Crippen LogP contribution in [0.15, 0.2) is 63.5 Å². The molecule has 39 heavy (non-hydrogen) atoms. The maximum Gasteiger partial charge on any atom is 0.356 e. The van der Waals surface area contributed by atoms with Crippen molar-refractivity contribution in [3.63, 3.8) is 0 Å². The van der Waals surface area contributed by atoms with E-state index in [1.807, 2.05) is 62.6 Å². The predicted octanol–water partition coefficient (Wildman–Crippen LogP) is 6.96. The first-order valence-corrected chi connectivity index (χ1v) is 13.4. The van der Waals surface area contributed by atoms with Crippen LogP contribution in [0.2, 0.25) is 0 Å². The number of pyridine rings is 1. The topological polar surface area (TPSA) is 96.5 Å². The number of rotatable bonds is 6. The fourth-order valence-electron chi connectivity index (χ4n) is 4.46. The van der Waals surface area contributed by atoms with Crippen LogP contribution in [0.4, 0.5) is 0 Å². The van der Waals surface area contributed by atoms with Gasteiger partial charge in [0.25, 0.3) is 0 Å². The van der Waals surface area contributed by atoms with Gasteiger partial charge in [0, 0.05) is 17.4 Å². The Morgan fingerprint density at radius 3 is 2.51 bits per heavy atom. The Kier molecular flexibility index (Phi) is 7.03. The summed E-state index contributed by atoms with van der Waals surface area (Å²) in [5.74, 6) is 0.503. The van der Waals surface area contributed by atoms with E-state index in [2.05, 4.69) is 20.9 Å². The van der Waals surface area contributed by atoms with Crippen LogP contribution in [0.1, 0.15) is 59.9 Å². The number of carbonyl (C=O) groups is 2. The average Bonchev–Trinajstić information content (AvgIpc) is 3.43. The first-order chi connectivity index (χ1) is 18.6. The molecule has 200 valence electrons. The van der Waals surface area contributed by atoms with Gasteiger partial charge in [-0.2, -0.15) is 0 Å². The summed E-state index contributed by atoms with van der Waals surface area (Å²) in [6.45, 7) is 8.04. The average molecular weight is 590 g/mol. The van der Waals surface area contributed by atoms with E-state index in [-0.39, 0.29) is 5.69 Å². The lowest BCUT2D eigenvalue weighted by Gasteiger charge is -2.20. The SMILES string of the molecule is CCc1nc2ccc(C(=O)OC)nc2n1Cc1ccc2oc(-c3ccccc3C(=O)OC(C)(C)C)c(Br)c2c1. The summed E-state index contributed by atoms with van der Waals surface area (Å²) >= 11 is 3.72. The second-order valence-corrected chi connectivity index (χ2v) is 10.9. The number of methoxy groups -OCH3 is 1. The monoisotopic (exact) mass is 589 g/mol. The molecular weight excluding hydrogens is 562 g/mol. The largest absolute Gasteiger partial charge is 0.464 e. The predicted molar refractivity (Wildman–Crippen MR) is 152 cm³/mol. The van der Waals surface area contributed by atoms with E-state index in [1.54, 1.807) is 24.3 Å². The Balaban J connectivity index is 1.55. The molecule has 0 saturated carbocycles. The molecule has 8 nitrogen and oxygen atoms in total. The molecule has 2 aromatic carbocycles. The zero-order chi connectivity index (χ0) is 27.9. The van der Waals surface area contributed by atoms with Gasteiger partial charge >= 0.3 is 11.9 Å². The van der Waals surface area contributed by atoms with Gasteiger partial charge in [-0.15, -0.1) is 0 Å². The fraction of sp³-hybridized carbons (Fsp3) is 0.267. The van der Waals surface area contributed by atoms with E-state index in [0.717, 1.165) is 21.2 Å². The van der Waals surface area contributed by atoms with Crippen LogP contribution in [0.25, 0.3) is 33.5 Å². The minimum atomic E-state index is -0.620. The van der Waals surface area contributed by atoms with Crippen molar-refractivity contribution in [1.29, 1.82) is 0 Å². The molecular formula is C30H28BrN3O5. The Hall–Kier alpha value is -3.98. The third-order valence-electron chi connectivity index (χ3n) is 6.21. The number of aryl methyl sites for hydroxylation is 1. The zero-order valence-corrected chi connectivity index (χ0v) is 24.0. The number of hydrogen-bond acceptors (Lipinski definition) is 7. The van der Waals surface area contributed by atoms with Crippen LogP contribution in [0.5, 0.6) is 0 Å². The van der Waals surface area contributed by atoms with Gasteiger partial charge in [0.1, 0.15) is 28.3 Å². The number of benzene rings is 2. The first kappa shape index (κ1) is 26.6. The summed E-state index contributed by atoms with van der Waals surface area (Å²) in [5, 5.41) is 0.868. The van der Waals surface area contributed by atoms with Crippen molar-refractivity contribution in [3.05, 3.63) is 81.7 Å². The quantitative estimate of drug-likeness (QED) is 0.197. The van der Waals surface area contributed by atoms with Crippen molar-refractivity contribution in [3.8, 4) is 11.3 Å². The van der Waals surface area contributed by atoms with E-state index in [4.69, 9.17) is 18.9 Å². The van der Waals surface area contributed by atoms with Gasteiger partial charge in [-0.05, 0) is 72.6 Å². The summed E-state index contributed by atoms with van der Waals surface area (Å²) in [5.41, 5.74) is 3.69. The maximum atomic E-state index is 12.9. The lowest BCUT2D eigenvalue weighted by Crippen LogP contribution is -2.24. The van der Waals surface area contributed by atoms with Crippen molar-refractivity contribution in [2.24, 2.45) is 0 Å². The smallest absolute Gasteiger partial charge is 0.356 e. The first-order valence-electron chi connectivity index (χ1n) is 12.6. The lowest BCUT2D eigenvalue weighted by molar-refractivity contribution is 0.00700. The lowest BCUT2D eigenvalue weighted by atomic mass is 10.0. The highest BCUT2D eigenvalue weighted by molar-refractivity contribution is 9.10. The summed E-state index contributed by atoms with van der Waals surface area (Å²) in [6.07, 6.45) is 0.702. The van der Waals surface area contributed by atoms with Gasteiger partial charge in [-0.1, -0.05) is 31.2 Å². The number of furan rings is 1. The summed E-state index contributed by atoms with van der Waals surface area (Å²) < 4.78 is 19.5. The number of esters is 2. The van der Waals surface area contributed by atoms with Crippen molar-refractivity contribution < 1.29 is 23.5 Å². The molecule has 0 N–H and O–H groups in total. The van der Waals surface area contributed by atoms with Gasteiger partial charge in [-0.25, -0.2) is 19.6 Å². The van der Waals surface area contributed by atoms with Crippen molar-refractivity contribution in [2.75, 3.05) is 7.11 Å². The van der Waals surface area contributed by atoms with E-state index in [9.17, 15) is 9.59 Å². The molecule has 0 amide bonds. The molecule has 5 aromatic rings. The van der Waals surface area contributed by atoms with Crippen molar-refractivity contribution in [1.82, 2.24) is 14.5 Å². The van der Waals surface area contributed by atoms with Gasteiger partial charge in [0.15, 0.2) is 11.3 Å². The highest BCUT2D eigenvalue weighted by atomic mass is 79.9. The van der Waals surface area contributed by atoms with Gasteiger partial charge in [-0.3, -0.25) is 0 Å². The number of halogens is 1. The molecule has 0 radical (unpaired) electrons. The highest BCUT2D eigenvalue weighted by Crippen LogP contribution is 2.40. The van der Waals surface area contributed by atoms with Gasteiger partial charge < -0.3 is 18.5 Å².